The molecule has 17 heavy (non-hydrogen) atoms. The van der Waals surface area contributed by atoms with Gasteiger partial charge in [-0.25, -0.2) is 0 Å². The number of nitrogens with zero attached hydrogens (tertiary/aromatic N) is 3. The molecular weight excluding hydrogens is 212 g/mol. The van der Waals surface area contributed by atoms with Gasteiger partial charge < -0.3 is 10.6 Å². The zero-order chi connectivity index (χ0) is 12.3. The number of rotatable bonds is 6. The van der Waals surface area contributed by atoms with E-state index in [1.54, 1.807) is 6.20 Å². The third-order valence-electron chi connectivity index (χ3n) is 3.21. The van der Waals surface area contributed by atoms with E-state index in [1.807, 2.05) is 6.07 Å². The van der Waals surface area contributed by atoms with Crippen LogP contribution in [0.3, 0.4) is 0 Å². The summed E-state index contributed by atoms with van der Waals surface area (Å²) >= 11 is 0. The standard InChI is InChI=1S/C13H22N4/c1-10(2)6-8-17(12-3-4-12)13-11(9-14)5-7-15-16-13/h5,7,10,12H,3-4,6,8-9,14H2,1-2H3. The lowest BCUT2D eigenvalue weighted by Crippen LogP contribution is -2.30. The topological polar surface area (TPSA) is 55.0 Å². The van der Waals surface area contributed by atoms with Crippen LogP contribution >= 0.6 is 0 Å². The molecule has 0 atom stereocenters. The first kappa shape index (κ1) is 12.3. The van der Waals surface area contributed by atoms with Crippen molar-refractivity contribution in [3.63, 3.8) is 0 Å². The highest BCUT2D eigenvalue weighted by atomic mass is 15.3. The van der Waals surface area contributed by atoms with Crippen molar-refractivity contribution < 1.29 is 0 Å². The number of hydrogen-bond donors (Lipinski definition) is 1. The van der Waals surface area contributed by atoms with Gasteiger partial charge in [0.25, 0.3) is 0 Å². The molecule has 0 aliphatic heterocycles. The second-order valence-corrected chi connectivity index (χ2v) is 5.19. The van der Waals surface area contributed by atoms with E-state index < -0.39 is 0 Å². The van der Waals surface area contributed by atoms with Crippen molar-refractivity contribution in [1.82, 2.24) is 10.2 Å². The minimum Gasteiger partial charge on any atom is -0.352 e. The highest BCUT2D eigenvalue weighted by Crippen LogP contribution is 2.32. The maximum Gasteiger partial charge on any atom is 0.156 e. The van der Waals surface area contributed by atoms with Gasteiger partial charge in [0.05, 0.1) is 6.20 Å². The Hall–Kier alpha value is -1.16. The van der Waals surface area contributed by atoms with Crippen molar-refractivity contribution in [2.45, 2.75) is 45.7 Å². The lowest BCUT2D eigenvalue weighted by molar-refractivity contribution is 0.566. The Morgan fingerprint density at radius 2 is 2.24 bits per heavy atom. The first-order valence-corrected chi connectivity index (χ1v) is 6.49. The highest BCUT2D eigenvalue weighted by Gasteiger charge is 2.31. The van der Waals surface area contributed by atoms with Crippen molar-refractivity contribution in [2.75, 3.05) is 11.4 Å². The Morgan fingerprint density at radius 1 is 1.47 bits per heavy atom. The normalized spacial score (nSPS) is 15.3. The van der Waals surface area contributed by atoms with E-state index in [4.69, 9.17) is 5.73 Å². The maximum absolute atomic E-state index is 5.77. The number of nitrogens with two attached hydrogens (primary N) is 1. The highest BCUT2D eigenvalue weighted by molar-refractivity contribution is 5.47. The number of aromatic nitrogens is 2. The molecule has 4 heteroatoms. The Balaban J connectivity index is 2.14. The molecule has 1 fully saturated rings. The van der Waals surface area contributed by atoms with Crippen LogP contribution in [0.25, 0.3) is 0 Å². The minimum absolute atomic E-state index is 0.537. The van der Waals surface area contributed by atoms with Gasteiger partial charge in [-0.05, 0) is 31.2 Å². The molecule has 1 aliphatic carbocycles. The fraction of sp³-hybridized carbons (Fsp3) is 0.692. The fourth-order valence-corrected chi connectivity index (χ4v) is 2.00. The SMILES string of the molecule is CC(C)CCN(c1nnccc1CN)C1CC1. The Labute approximate surface area is 103 Å². The van der Waals surface area contributed by atoms with Crippen molar-refractivity contribution in [3.05, 3.63) is 17.8 Å². The fourth-order valence-electron chi connectivity index (χ4n) is 2.00. The lowest BCUT2D eigenvalue weighted by Gasteiger charge is -2.25. The molecule has 1 aromatic rings. The molecule has 0 amide bonds. The molecule has 0 unspecified atom stereocenters. The summed E-state index contributed by atoms with van der Waals surface area (Å²) in [4.78, 5) is 2.40. The quantitative estimate of drug-likeness (QED) is 0.817. The van der Waals surface area contributed by atoms with Crippen LogP contribution in [0.1, 0.15) is 38.7 Å². The van der Waals surface area contributed by atoms with Crippen LogP contribution in [-0.4, -0.2) is 22.8 Å². The van der Waals surface area contributed by atoms with Gasteiger partial charge in [0, 0.05) is 24.7 Å². The summed E-state index contributed by atoms with van der Waals surface area (Å²) in [5, 5.41) is 8.29. The summed E-state index contributed by atoms with van der Waals surface area (Å²) in [6.45, 7) is 6.11. The van der Waals surface area contributed by atoms with E-state index in [2.05, 4.69) is 28.9 Å². The van der Waals surface area contributed by atoms with Crippen molar-refractivity contribution in [1.29, 1.82) is 0 Å². The molecule has 0 aromatic carbocycles. The van der Waals surface area contributed by atoms with Gasteiger partial charge in [-0.15, -0.1) is 5.10 Å². The van der Waals surface area contributed by atoms with E-state index in [0.717, 1.165) is 17.9 Å². The summed E-state index contributed by atoms with van der Waals surface area (Å²) in [5.41, 5.74) is 6.88. The Kier molecular flexibility index (Phi) is 3.94. The van der Waals surface area contributed by atoms with Crippen LogP contribution in [-0.2, 0) is 6.54 Å². The summed E-state index contributed by atoms with van der Waals surface area (Å²) in [6.07, 6.45) is 5.47. The molecule has 1 aromatic heterocycles. The predicted octanol–water partition coefficient (Wildman–Crippen LogP) is 1.95. The monoisotopic (exact) mass is 234 g/mol. The molecule has 2 rings (SSSR count). The van der Waals surface area contributed by atoms with Crippen LogP contribution in [0.2, 0.25) is 0 Å². The van der Waals surface area contributed by atoms with E-state index in [-0.39, 0.29) is 0 Å². The average Bonchev–Trinajstić information content (AvgIpc) is 3.14. The smallest absolute Gasteiger partial charge is 0.156 e. The first-order valence-electron chi connectivity index (χ1n) is 6.49. The molecule has 2 N–H and O–H groups in total. The van der Waals surface area contributed by atoms with Gasteiger partial charge in [-0.3, -0.25) is 0 Å². The Morgan fingerprint density at radius 3 is 2.82 bits per heavy atom. The molecule has 0 radical (unpaired) electrons. The third-order valence-corrected chi connectivity index (χ3v) is 3.21. The van der Waals surface area contributed by atoms with Crippen LogP contribution in [0.5, 0.6) is 0 Å². The van der Waals surface area contributed by atoms with Crippen LogP contribution < -0.4 is 10.6 Å². The summed E-state index contributed by atoms with van der Waals surface area (Å²) in [7, 11) is 0. The summed E-state index contributed by atoms with van der Waals surface area (Å²) < 4.78 is 0. The molecule has 94 valence electrons. The largest absolute Gasteiger partial charge is 0.352 e. The minimum atomic E-state index is 0.537. The molecule has 1 aliphatic rings. The lowest BCUT2D eigenvalue weighted by atomic mass is 10.1. The van der Waals surface area contributed by atoms with Gasteiger partial charge in [0.2, 0.25) is 0 Å². The second kappa shape index (κ2) is 5.45. The van der Waals surface area contributed by atoms with E-state index in [0.29, 0.717) is 18.5 Å². The first-order chi connectivity index (χ1) is 8.22. The molecular formula is C13H22N4. The van der Waals surface area contributed by atoms with Crippen molar-refractivity contribution in [2.24, 2.45) is 11.7 Å². The molecule has 0 spiro atoms. The molecule has 4 nitrogen and oxygen atoms in total. The van der Waals surface area contributed by atoms with Crippen LogP contribution in [0.15, 0.2) is 12.3 Å². The summed E-state index contributed by atoms with van der Waals surface area (Å²) in [6, 6.07) is 2.64. The average molecular weight is 234 g/mol. The zero-order valence-electron chi connectivity index (χ0n) is 10.8. The van der Waals surface area contributed by atoms with Crippen LogP contribution in [0, 0.1) is 5.92 Å². The summed E-state index contributed by atoms with van der Waals surface area (Å²) in [5.74, 6) is 1.72. The van der Waals surface area contributed by atoms with E-state index in [9.17, 15) is 0 Å². The molecule has 0 bridgehead atoms. The van der Waals surface area contributed by atoms with Gasteiger partial charge in [0.1, 0.15) is 0 Å². The molecule has 1 saturated carbocycles. The number of hydrogen-bond acceptors (Lipinski definition) is 4. The maximum atomic E-state index is 5.77. The second-order valence-electron chi connectivity index (χ2n) is 5.19. The van der Waals surface area contributed by atoms with Gasteiger partial charge in [-0.2, -0.15) is 5.10 Å². The Bertz CT molecular complexity index is 360. The third kappa shape index (κ3) is 3.16. The van der Waals surface area contributed by atoms with E-state index >= 15 is 0 Å². The molecule has 1 heterocycles. The van der Waals surface area contributed by atoms with Gasteiger partial charge >= 0.3 is 0 Å². The molecule has 0 saturated heterocycles. The van der Waals surface area contributed by atoms with Gasteiger partial charge in [0.15, 0.2) is 5.82 Å². The zero-order valence-corrected chi connectivity index (χ0v) is 10.8. The van der Waals surface area contributed by atoms with Gasteiger partial charge in [-0.1, -0.05) is 13.8 Å². The predicted molar refractivity (Wildman–Crippen MR) is 69.7 cm³/mol. The van der Waals surface area contributed by atoms with Crippen molar-refractivity contribution in [3.8, 4) is 0 Å². The van der Waals surface area contributed by atoms with Crippen molar-refractivity contribution >= 4 is 5.82 Å². The number of anilines is 1. The van der Waals surface area contributed by atoms with Crippen LogP contribution in [0.4, 0.5) is 5.82 Å². The van der Waals surface area contributed by atoms with E-state index in [1.165, 1.54) is 19.3 Å².